The molecule has 5 heteroatoms. The Morgan fingerprint density at radius 1 is 1.77 bits per heavy atom. The van der Waals surface area contributed by atoms with Gasteiger partial charge in [-0.15, -0.1) is 0 Å². The predicted octanol–water partition coefficient (Wildman–Crippen LogP) is 0.246. The van der Waals surface area contributed by atoms with Gasteiger partial charge in [0.1, 0.15) is 6.04 Å². The standard InChI is InChI=1S/C8H13BrN2O2/c1-5(7(10)12)11-4-2-3-6(9)8(11)13/h5-6H,2-4H2,1H3,(H2,10,12). The first-order chi connectivity index (χ1) is 6.04. The quantitative estimate of drug-likeness (QED) is 0.713. The van der Waals surface area contributed by atoms with E-state index in [0.29, 0.717) is 6.54 Å². The summed E-state index contributed by atoms with van der Waals surface area (Å²) in [5.41, 5.74) is 5.13. The van der Waals surface area contributed by atoms with Crippen molar-refractivity contribution in [1.29, 1.82) is 0 Å². The van der Waals surface area contributed by atoms with Crippen LogP contribution in [0, 0.1) is 0 Å². The number of likely N-dealkylation sites (tertiary alicyclic amines) is 1. The number of hydrogen-bond acceptors (Lipinski definition) is 2. The number of carbonyl (C=O) groups excluding carboxylic acids is 2. The van der Waals surface area contributed by atoms with E-state index in [-0.39, 0.29) is 10.7 Å². The highest BCUT2D eigenvalue weighted by molar-refractivity contribution is 9.10. The lowest BCUT2D eigenvalue weighted by molar-refractivity contribution is -0.139. The number of halogens is 1. The zero-order valence-corrected chi connectivity index (χ0v) is 9.08. The van der Waals surface area contributed by atoms with Gasteiger partial charge < -0.3 is 10.6 Å². The van der Waals surface area contributed by atoms with E-state index in [0.717, 1.165) is 12.8 Å². The van der Waals surface area contributed by atoms with Crippen molar-refractivity contribution in [2.75, 3.05) is 6.54 Å². The molecule has 4 nitrogen and oxygen atoms in total. The van der Waals surface area contributed by atoms with Crippen molar-refractivity contribution in [2.24, 2.45) is 5.73 Å². The molecule has 1 heterocycles. The summed E-state index contributed by atoms with van der Waals surface area (Å²) in [5, 5.41) is 0. The average Bonchev–Trinajstić information content (AvgIpc) is 2.08. The van der Waals surface area contributed by atoms with E-state index >= 15 is 0 Å². The summed E-state index contributed by atoms with van der Waals surface area (Å²) in [7, 11) is 0. The lowest BCUT2D eigenvalue weighted by atomic mass is 10.1. The minimum absolute atomic E-state index is 0.0300. The molecule has 2 amide bonds. The van der Waals surface area contributed by atoms with Gasteiger partial charge in [0.25, 0.3) is 0 Å². The molecule has 0 saturated carbocycles. The number of alkyl halides is 1. The van der Waals surface area contributed by atoms with Gasteiger partial charge >= 0.3 is 0 Å². The molecule has 13 heavy (non-hydrogen) atoms. The summed E-state index contributed by atoms with van der Waals surface area (Å²) in [6.07, 6.45) is 1.75. The molecule has 0 radical (unpaired) electrons. The van der Waals surface area contributed by atoms with E-state index in [9.17, 15) is 9.59 Å². The van der Waals surface area contributed by atoms with Gasteiger partial charge in [0.2, 0.25) is 11.8 Å². The second-order valence-corrected chi connectivity index (χ2v) is 4.33. The topological polar surface area (TPSA) is 63.4 Å². The Hall–Kier alpha value is -0.580. The third kappa shape index (κ3) is 2.21. The zero-order chi connectivity index (χ0) is 10.0. The molecule has 2 unspecified atom stereocenters. The Kier molecular flexibility index (Phi) is 3.30. The van der Waals surface area contributed by atoms with Crippen LogP contribution in [0.15, 0.2) is 0 Å². The molecule has 1 aliphatic heterocycles. The van der Waals surface area contributed by atoms with Gasteiger partial charge in [-0.25, -0.2) is 0 Å². The van der Waals surface area contributed by atoms with Crippen LogP contribution in [0.2, 0.25) is 0 Å². The molecule has 0 aromatic heterocycles. The maximum atomic E-state index is 11.5. The highest BCUT2D eigenvalue weighted by Gasteiger charge is 2.31. The van der Waals surface area contributed by atoms with Gasteiger partial charge in [0.15, 0.2) is 0 Å². The summed E-state index contributed by atoms with van der Waals surface area (Å²) < 4.78 is 0. The van der Waals surface area contributed by atoms with Crippen molar-refractivity contribution >= 4 is 27.7 Å². The van der Waals surface area contributed by atoms with Crippen LogP contribution in [-0.4, -0.2) is 34.1 Å². The highest BCUT2D eigenvalue weighted by atomic mass is 79.9. The second kappa shape index (κ2) is 4.09. The summed E-state index contributed by atoms with van der Waals surface area (Å²) in [6.45, 7) is 2.29. The van der Waals surface area contributed by atoms with Crippen LogP contribution in [0.5, 0.6) is 0 Å². The zero-order valence-electron chi connectivity index (χ0n) is 7.50. The molecule has 74 valence electrons. The fourth-order valence-electron chi connectivity index (χ4n) is 1.39. The van der Waals surface area contributed by atoms with E-state index in [1.165, 1.54) is 4.90 Å². The molecular formula is C8H13BrN2O2. The van der Waals surface area contributed by atoms with Gasteiger partial charge in [-0.3, -0.25) is 9.59 Å². The average molecular weight is 249 g/mol. The van der Waals surface area contributed by atoms with Crippen molar-refractivity contribution in [3.8, 4) is 0 Å². The van der Waals surface area contributed by atoms with E-state index in [1.807, 2.05) is 0 Å². The second-order valence-electron chi connectivity index (χ2n) is 3.22. The number of piperidine rings is 1. The summed E-state index contributed by atoms with van der Waals surface area (Å²) >= 11 is 3.27. The molecule has 1 fully saturated rings. The predicted molar refractivity (Wildman–Crippen MR) is 52.3 cm³/mol. The first-order valence-corrected chi connectivity index (χ1v) is 5.19. The SMILES string of the molecule is CC(C(N)=O)N1CCCC(Br)C1=O. The number of primary amides is 1. The fourth-order valence-corrected chi connectivity index (χ4v) is 1.98. The maximum Gasteiger partial charge on any atom is 0.239 e. The van der Waals surface area contributed by atoms with Gasteiger partial charge in [0, 0.05) is 6.54 Å². The number of amides is 2. The Morgan fingerprint density at radius 3 is 2.92 bits per heavy atom. The van der Waals surface area contributed by atoms with Crippen LogP contribution in [-0.2, 0) is 9.59 Å². The highest BCUT2D eigenvalue weighted by Crippen LogP contribution is 2.20. The lowest BCUT2D eigenvalue weighted by Crippen LogP contribution is -2.51. The molecule has 0 aliphatic carbocycles. The third-order valence-corrected chi connectivity index (χ3v) is 3.14. The molecule has 2 N–H and O–H groups in total. The van der Waals surface area contributed by atoms with Crippen molar-refractivity contribution < 1.29 is 9.59 Å². The Labute approximate surface area is 85.6 Å². The molecule has 1 rings (SSSR count). The third-order valence-electron chi connectivity index (χ3n) is 2.29. The molecule has 0 spiro atoms. The molecule has 2 atom stereocenters. The van der Waals surface area contributed by atoms with E-state index in [2.05, 4.69) is 15.9 Å². The molecule has 1 saturated heterocycles. The van der Waals surface area contributed by atoms with Gasteiger partial charge in [-0.1, -0.05) is 15.9 Å². The van der Waals surface area contributed by atoms with Gasteiger partial charge in [-0.2, -0.15) is 0 Å². The Morgan fingerprint density at radius 2 is 2.38 bits per heavy atom. The summed E-state index contributed by atoms with van der Waals surface area (Å²) in [4.78, 5) is 23.8. The van der Waals surface area contributed by atoms with Gasteiger partial charge in [0.05, 0.1) is 4.83 Å². The van der Waals surface area contributed by atoms with Crippen LogP contribution in [0.1, 0.15) is 19.8 Å². The van der Waals surface area contributed by atoms with Gasteiger partial charge in [-0.05, 0) is 19.8 Å². The van der Waals surface area contributed by atoms with Crippen molar-refractivity contribution in [3.63, 3.8) is 0 Å². The number of hydrogen-bond donors (Lipinski definition) is 1. The van der Waals surface area contributed by atoms with E-state index in [1.54, 1.807) is 6.92 Å². The van der Waals surface area contributed by atoms with Crippen LogP contribution in [0.3, 0.4) is 0 Å². The number of nitrogens with two attached hydrogens (primary N) is 1. The molecule has 0 bridgehead atoms. The smallest absolute Gasteiger partial charge is 0.239 e. The largest absolute Gasteiger partial charge is 0.368 e. The van der Waals surface area contributed by atoms with Crippen molar-refractivity contribution in [1.82, 2.24) is 4.90 Å². The van der Waals surface area contributed by atoms with Crippen LogP contribution in [0.25, 0.3) is 0 Å². The Balaban J connectivity index is 2.68. The van der Waals surface area contributed by atoms with Crippen LogP contribution < -0.4 is 5.73 Å². The summed E-state index contributed by atoms with van der Waals surface area (Å²) in [5.74, 6) is -0.479. The number of carbonyl (C=O) groups is 2. The maximum absolute atomic E-state index is 11.5. The lowest BCUT2D eigenvalue weighted by Gasteiger charge is -2.33. The van der Waals surface area contributed by atoms with Crippen LogP contribution >= 0.6 is 15.9 Å². The van der Waals surface area contributed by atoms with Crippen molar-refractivity contribution in [2.45, 2.75) is 30.6 Å². The van der Waals surface area contributed by atoms with E-state index < -0.39 is 11.9 Å². The first kappa shape index (κ1) is 10.5. The summed E-state index contributed by atoms with van der Waals surface area (Å²) in [6, 6.07) is -0.493. The minimum atomic E-state index is -0.493. The number of rotatable bonds is 2. The molecule has 0 aromatic carbocycles. The number of nitrogens with zero attached hydrogens (tertiary/aromatic N) is 1. The Bertz CT molecular complexity index is 232. The molecular weight excluding hydrogens is 236 g/mol. The van der Waals surface area contributed by atoms with E-state index in [4.69, 9.17) is 5.73 Å². The minimum Gasteiger partial charge on any atom is -0.368 e. The fraction of sp³-hybridized carbons (Fsp3) is 0.750. The molecule has 0 aromatic rings. The monoisotopic (exact) mass is 248 g/mol. The van der Waals surface area contributed by atoms with Crippen LogP contribution in [0.4, 0.5) is 0 Å². The molecule has 1 aliphatic rings. The first-order valence-electron chi connectivity index (χ1n) is 4.28. The normalized spacial score (nSPS) is 25.8. The van der Waals surface area contributed by atoms with Crippen molar-refractivity contribution in [3.05, 3.63) is 0 Å².